The normalized spacial score (nSPS) is 22.1. The maximum absolute atomic E-state index is 2.62. The largest absolute Gasteiger partial charge is 0.310 e. The number of benzene rings is 8. The van der Waals surface area contributed by atoms with Crippen LogP contribution in [-0.4, -0.2) is 0 Å². The highest BCUT2D eigenvalue weighted by Gasteiger charge is 2.61. The molecule has 288 valence electrons. The number of thiophene rings is 1. The van der Waals surface area contributed by atoms with Gasteiger partial charge in [-0.1, -0.05) is 140 Å². The minimum atomic E-state index is 0.104. The van der Waals surface area contributed by atoms with Crippen LogP contribution < -0.4 is 4.90 Å². The summed E-state index contributed by atoms with van der Waals surface area (Å²) in [5.74, 6) is 3.27. The molecule has 1 heterocycles. The zero-order valence-corrected chi connectivity index (χ0v) is 34.4. The van der Waals surface area contributed by atoms with Gasteiger partial charge in [0.15, 0.2) is 0 Å². The fourth-order valence-corrected chi connectivity index (χ4v) is 14.0. The quantitative estimate of drug-likeness (QED) is 0.162. The van der Waals surface area contributed by atoms with Crippen LogP contribution >= 0.6 is 11.3 Å². The van der Waals surface area contributed by atoms with Gasteiger partial charge in [-0.05, 0) is 160 Å². The van der Waals surface area contributed by atoms with Crippen LogP contribution in [0.2, 0.25) is 0 Å². The monoisotopic (exact) mass is 787 g/mol. The lowest BCUT2D eigenvalue weighted by molar-refractivity contribution is -0.0399. The minimum Gasteiger partial charge on any atom is -0.310 e. The van der Waals surface area contributed by atoms with E-state index in [9.17, 15) is 0 Å². The maximum atomic E-state index is 2.62. The van der Waals surface area contributed by atoms with Crippen molar-refractivity contribution in [2.75, 3.05) is 4.90 Å². The molecule has 4 bridgehead atoms. The number of nitrogens with zero attached hydrogens (tertiary/aromatic N) is 1. The first kappa shape index (κ1) is 34.6. The first-order chi connectivity index (χ1) is 29.7. The average molecular weight is 788 g/mol. The molecule has 1 nitrogen and oxygen atoms in total. The maximum Gasteiger partial charge on any atom is 0.0476 e. The van der Waals surface area contributed by atoms with Crippen molar-refractivity contribution in [1.29, 1.82) is 0 Å². The van der Waals surface area contributed by atoms with E-state index in [0.717, 1.165) is 35.0 Å². The second kappa shape index (κ2) is 13.4. The second-order valence-corrected chi connectivity index (χ2v) is 19.2. The Morgan fingerprint density at radius 1 is 0.383 bits per heavy atom. The van der Waals surface area contributed by atoms with E-state index in [4.69, 9.17) is 0 Å². The second-order valence-electron chi connectivity index (χ2n) is 18.1. The van der Waals surface area contributed by atoms with Gasteiger partial charge in [-0.2, -0.15) is 0 Å². The molecule has 4 saturated carbocycles. The molecule has 0 amide bonds. The van der Waals surface area contributed by atoms with Crippen molar-refractivity contribution < 1.29 is 0 Å². The molecule has 1 aromatic heterocycles. The molecule has 0 N–H and O–H groups in total. The fraction of sp³-hybridized carbons (Fsp3) is 0.172. The van der Waals surface area contributed by atoms with Crippen molar-refractivity contribution in [3.05, 3.63) is 199 Å². The molecule has 8 aromatic carbocycles. The third-order valence-electron chi connectivity index (χ3n) is 15.1. The summed E-state index contributed by atoms with van der Waals surface area (Å²) >= 11 is 1.88. The van der Waals surface area contributed by atoms with E-state index in [2.05, 4.69) is 193 Å². The van der Waals surface area contributed by atoms with Crippen LogP contribution in [0.1, 0.15) is 43.2 Å². The summed E-state index contributed by atoms with van der Waals surface area (Å²) in [6.45, 7) is 0. The molecule has 0 radical (unpaired) electrons. The molecular formula is C58H45NS. The molecule has 0 atom stereocenters. The summed E-state index contributed by atoms with van der Waals surface area (Å²) in [7, 11) is 0. The highest BCUT2D eigenvalue weighted by molar-refractivity contribution is 7.25. The van der Waals surface area contributed by atoms with Gasteiger partial charge in [-0.3, -0.25) is 0 Å². The van der Waals surface area contributed by atoms with Gasteiger partial charge in [0, 0.05) is 42.6 Å². The van der Waals surface area contributed by atoms with E-state index in [1.165, 1.54) is 102 Å². The average Bonchev–Trinajstić information content (AvgIpc) is 3.82. The van der Waals surface area contributed by atoms with Crippen LogP contribution in [0.4, 0.5) is 17.1 Å². The Labute approximate surface area is 356 Å². The van der Waals surface area contributed by atoms with Crippen LogP contribution in [0.15, 0.2) is 188 Å². The van der Waals surface area contributed by atoms with Crippen molar-refractivity contribution in [1.82, 2.24) is 0 Å². The summed E-state index contributed by atoms with van der Waals surface area (Å²) in [5, 5.41) is 2.65. The first-order valence-electron chi connectivity index (χ1n) is 22.0. The minimum absolute atomic E-state index is 0.104. The summed E-state index contributed by atoms with van der Waals surface area (Å²) in [6, 6.07) is 70.9. The molecule has 5 aliphatic rings. The van der Waals surface area contributed by atoms with E-state index in [1.807, 2.05) is 11.3 Å². The Hall–Kier alpha value is -6.22. The lowest BCUT2D eigenvalue weighted by Crippen LogP contribution is -2.55. The molecule has 4 fully saturated rings. The standard InChI is InChI=1S/C58H45NS/c1-3-10-39(11-4-1)41-18-23-46(24-19-41)59(48-27-29-51-50-14-7-8-17-55(50)60-56(51)36-48)47-25-20-42(21-26-47)49-15-9-16-53-57(49)52-28-22-43(40-12-5-2-6-13-40)35-54(52)58(53)44-31-37-30-38(33-44)34-45(58)32-37/h1-29,35-38,44-45H,30-34H2. The van der Waals surface area contributed by atoms with Gasteiger partial charge < -0.3 is 4.90 Å². The van der Waals surface area contributed by atoms with Gasteiger partial charge in [-0.25, -0.2) is 0 Å². The number of rotatable bonds is 6. The number of anilines is 3. The molecule has 1 spiro atoms. The van der Waals surface area contributed by atoms with Crippen LogP contribution in [0.5, 0.6) is 0 Å². The molecule has 2 heteroatoms. The van der Waals surface area contributed by atoms with Crippen LogP contribution in [0.3, 0.4) is 0 Å². The molecule has 0 saturated heterocycles. The summed E-state index contributed by atoms with van der Waals surface area (Å²) in [6.07, 6.45) is 7.00. The topological polar surface area (TPSA) is 3.24 Å². The van der Waals surface area contributed by atoms with Gasteiger partial charge in [-0.15, -0.1) is 11.3 Å². The van der Waals surface area contributed by atoms with Crippen molar-refractivity contribution in [2.45, 2.75) is 37.5 Å². The molecule has 0 unspecified atom stereocenters. The van der Waals surface area contributed by atoms with Crippen molar-refractivity contribution in [3.8, 4) is 44.5 Å². The Morgan fingerprint density at radius 2 is 0.950 bits per heavy atom. The van der Waals surface area contributed by atoms with Gasteiger partial charge in [0.05, 0.1) is 0 Å². The summed E-state index contributed by atoms with van der Waals surface area (Å²) in [4.78, 5) is 2.43. The Balaban J connectivity index is 0.941. The van der Waals surface area contributed by atoms with E-state index >= 15 is 0 Å². The van der Waals surface area contributed by atoms with Crippen molar-refractivity contribution in [3.63, 3.8) is 0 Å². The van der Waals surface area contributed by atoms with Gasteiger partial charge in [0.25, 0.3) is 0 Å². The summed E-state index contributed by atoms with van der Waals surface area (Å²) in [5.41, 5.74) is 17.5. The lowest BCUT2D eigenvalue weighted by Gasteiger charge is -2.61. The number of hydrogen-bond acceptors (Lipinski definition) is 2. The van der Waals surface area contributed by atoms with Crippen molar-refractivity contribution >= 4 is 48.6 Å². The zero-order chi connectivity index (χ0) is 39.4. The number of fused-ring (bicyclic) bond motifs is 6. The van der Waals surface area contributed by atoms with Crippen LogP contribution in [-0.2, 0) is 5.41 Å². The molecule has 14 rings (SSSR count). The van der Waals surface area contributed by atoms with Crippen molar-refractivity contribution in [2.24, 2.45) is 23.7 Å². The van der Waals surface area contributed by atoms with E-state index < -0.39 is 0 Å². The van der Waals surface area contributed by atoms with E-state index in [1.54, 1.807) is 11.1 Å². The van der Waals surface area contributed by atoms with Crippen LogP contribution in [0, 0.1) is 23.7 Å². The lowest BCUT2D eigenvalue weighted by atomic mass is 9.43. The zero-order valence-electron chi connectivity index (χ0n) is 33.6. The molecular weight excluding hydrogens is 743 g/mol. The molecule has 5 aliphatic carbocycles. The predicted molar refractivity (Wildman–Crippen MR) is 254 cm³/mol. The highest BCUT2D eigenvalue weighted by Crippen LogP contribution is 2.70. The fourth-order valence-electron chi connectivity index (χ4n) is 12.8. The van der Waals surface area contributed by atoms with Gasteiger partial charge in [0.1, 0.15) is 0 Å². The van der Waals surface area contributed by atoms with Gasteiger partial charge in [0.2, 0.25) is 0 Å². The first-order valence-corrected chi connectivity index (χ1v) is 22.8. The highest BCUT2D eigenvalue weighted by atomic mass is 32.1. The Kier molecular flexibility index (Phi) is 7.73. The summed E-state index contributed by atoms with van der Waals surface area (Å²) < 4.78 is 2.64. The molecule has 60 heavy (non-hydrogen) atoms. The van der Waals surface area contributed by atoms with Gasteiger partial charge >= 0.3 is 0 Å². The molecule has 0 aliphatic heterocycles. The van der Waals surface area contributed by atoms with E-state index in [0.29, 0.717) is 0 Å². The van der Waals surface area contributed by atoms with Crippen LogP contribution in [0.25, 0.3) is 64.7 Å². The molecule has 9 aromatic rings. The predicted octanol–water partition coefficient (Wildman–Crippen LogP) is 16.2. The Bertz CT molecular complexity index is 3060. The Morgan fingerprint density at radius 3 is 1.65 bits per heavy atom. The smallest absolute Gasteiger partial charge is 0.0476 e. The van der Waals surface area contributed by atoms with E-state index in [-0.39, 0.29) is 5.41 Å². The third kappa shape index (κ3) is 5.17. The number of hydrogen-bond donors (Lipinski definition) is 0. The SMILES string of the molecule is c1ccc(-c2ccc(N(c3ccc(-c4cccc5c4-c4ccc(-c6ccccc6)cc4C54C5CC6CC(C5)CC4C6)cc3)c3ccc4c(c3)sc3ccccc34)cc2)cc1. The third-order valence-corrected chi connectivity index (χ3v) is 16.2.